The lowest BCUT2D eigenvalue weighted by atomic mass is 9.99. The fraction of sp³-hybridized carbons (Fsp3) is 0.435. The highest BCUT2D eigenvalue weighted by molar-refractivity contribution is 7.99. The minimum Gasteiger partial charge on any atom is -0.507 e. The SMILES string of the molecule is O=C1OCC/C=C/CC/C=C/C(=N\OCC(=O)N2CCSCC2)Cc2c(Cl)c(O)cc(O)c21. The predicted molar refractivity (Wildman–Crippen MR) is 128 cm³/mol. The largest absolute Gasteiger partial charge is 0.507 e. The lowest BCUT2D eigenvalue weighted by Crippen LogP contribution is -2.39. The first-order valence-corrected chi connectivity index (χ1v) is 12.3. The number of carbonyl (C=O) groups is 2. The Kier molecular flexibility index (Phi) is 9.50. The summed E-state index contributed by atoms with van der Waals surface area (Å²) < 4.78 is 5.27. The second-order valence-electron chi connectivity index (χ2n) is 7.48. The maximum Gasteiger partial charge on any atom is 0.342 e. The van der Waals surface area contributed by atoms with Gasteiger partial charge < -0.3 is 24.7 Å². The van der Waals surface area contributed by atoms with Crippen molar-refractivity contribution in [3.63, 3.8) is 0 Å². The number of hydrogen-bond donors (Lipinski definition) is 2. The lowest BCUT2D eigenvalue weighted by Gasteiger charge is -2.25. The van der Waals surface area contributed by atoms with Crippen LogP contribution in [0.2, 0.25) is 5.02 Å². The Morgan fingerprint density at radius 1 is 1.15 bits per heavy atom. The van der Waals surface area contributed by atoms with Crippen molar-refractivity contribution in [3.05, 3.63) is 46.5 Å². The first-order chi connectivity index (χ1) is 16.0. The summed E-state index contributed by atoms with van der Waals surface area (Å²) in [5, 5.41) is 24.4. The van der Waals surface area contributed by atoms with Crippen molar-refractivity contribution in [2.45, 2.75) is 25.7 Å². The maximum absolute atomic E-state index is 12.7. The molecule has 2 aliphatic rings. The summed E-state index contributed by atoms with van der Waals surface area (Å²) in [6, 6.07) is 1.00. The van der Waals surface area contributed by atoms with Crippen LogP contribution in [0.25, 0.3) is 0 Å². The van der Waals surface area contributed by atoms with Crippen LogP contribution >= 0.6 is 23.4 Å². The molecule has 1 aromatic carbocycles. The lowest BCUT2D eigenvalue weighted by molar-refractivity contribution is -0.135. The molecule has 1 aromatic rings. The number of hydrogen-bond acceptors (Lipinski definition) is 8. The Bertz CT molecular complexity index is 957. The van der Waals surface area contributed by atoms with Crippen molar-refractivity contribution in [1.82, 2.24) is 4.90 Å². The van der Waals surface area contributed by atoms with Crippen molar-refractivity contribution < 1.29 is 29.4 Å². The van der Waals surface area contributed by atoms with Crippen LogP contribution < -0.4 is 0 Å². The first-order valence-electron chi connectivity index (χ1n) is 10.7. The molecule has 0 saturated carbocycles. The van der Waals surface area contributed by atoms with Crippen molar-refractivity contribution in [1.29, 1.82) is 0 Å². The van der Waals surface area contributed by atoms with E-state index in [-0.39, 0.29) is 47.4 Å². The molecule has 1 amide bonds. The highest BCUT2D eigenvalue weighted by atomic mass is 35.5. The predicted octanol–water partition coefficient (Wildman–Crippen LogP) is 3.69. The van der Waals surface area contributed by atoms with E-state index < -0.39 is 11.7 Å². The van der Waals surface area contributed by atoms with Crippen molar-refractivity contribution in [2.24, 2.45) is 5.16 Å². The second-order valence-corrected chi connectivity index (χ2v) is 9.09. The highest BCUT2D eigenvalue weighted by Crippen LogP contribution is 2.37. The van der Waals surface area contributed by atoms with Crippen molar-refractivity contribution in [3.8, 4) is 11.5 Å². The van der Waals surface area contributed by atoms with Gasteiger partial charge in [-0.15, -0.1) is 0 Å². The molecule has 2 aliphatic heterocycles. The van der Waals surface area contributed by atoms with Gasteiger partial charge in [0, 0.05) is 37.1 Å². The van der Waals surface area contributed by atoms with Crippen LogP contribution in [0.5, 0.6) is 11.5 Å². The molecular formula is C23H27ClN2O6S. The first kappa shape index (κ1) is 25.0. The number of phenolic OH excluding ortho intramolecular Hbond substituents is 2. The molecule has 0 aromatic heterocycles. The Balaban J connectivity index is 1.86. The number of nitrogens with zero attached hydrogens (tertiary/aromatic N) is 2. The summed E-state index contributed by atoms with van der Waals surface area (Å²) in [5.41, 5.74) is 0.402. The zero-order chi connectivity index (χ0) is 23.6. The molecule has 0 bridgehead atoms. The van der Waals surface area contributed by atoms with Gasteiger partial charge in [0.2, 0.25) is 0 Å². The number of halogens is 1. The molecule has 0 spiro atoms. The number of ether oxygens (including phenoxy) is 1. The number of thioether (sulfide) groups is 1. The number of fused-ring (bicyclic) bond motifs is 1. The molecule has 0 atom stereocenters. The van der Waals surface area contributed by atoms with E-state index in [4.69, 9.17) is 21.2 Å². The third-order valence-electron chi connectivity index (χ3n) is 5.11. The number of carbonyl (C=O) groups excluding carboxylic acids is 2. The molecular weight excluding hydrogens is 468 g/mol. The number of amides is 1. The Morgan fingerprint density at radius 3 is 2.67 bits per heavy atom. The molecule has 2 N–H and O–H groups in total. The molecule has 0 aliphatic carbocycles. The van der Waals surface area contributed by atoms with E-state index in [0.29, 0.717) is 25.2 Å². The average molecular weight is 495 g/mol. The van der Waals surface area contributed by atoms with Gasteiger partial charge in [0.15, 0.2) is 6.61 Å². The van der Waals surface area contributed by atoms with E-state index in [1.54, 1.807) is 22.7 Å². The fourth-order valence-corrected chi connectivity index (χ4v) is 4.51. The number of esters is 1. The molecule has 0 unspecified atom stereocenters. The number of allylic oxidation sites excluding steroid dienone is 3. The van der Waals surface area contributed by atoms with Crippen molar-refractivity contribution in [2.75, 3.05) is 37.8 Å². The van der Waals surface area contributed by atoms with E-state index in [9.17, 15) is 19.8 Å². The number of benzene rings is 1. The molecule has 0 radical (unpaired) electrons. The standard InChI is InChI=1S/C23H27ClN2O6S/c24-22-17-13-16(25-32-15-20(29)26-8-11-33-12-9-26)7-5-3-1-2-4-6-10-31-23(30)21(17)18(27)14-19(22)28/h2,4-5,7,14,27-28H,1,3,6,8-13,15H2/b4-2+,7-5+,25-16+. The Hall–Kier alpha value is -2.65. The van der Waals surface area contributed by atoms with Crippen LogP contribution in [-0.4, -0.2) is 70.5 Å². The highest BCUT2D eigenvalue weighted by Gasteiger charge is 2.24. The maximum atomic E-state index is 12.7. The molecule has 1 fully saturated rings. The van der Waals surface area contributed by atoms with E-state index in [1.807, 2.05) is 18.2 Å². The van der Waals surface area contributed by atoms with Gasteiger partial charge >= 0.3 is 5.97 Å². The van der Waals surface area contributed by atoms with Gasteiger partial charge in [0.05, 0.1) is 17.3 Å². The summed E-state index contributed by atoms with van der Waals surface area (Å²) in [7, 11) is 0. The smallest absolute Gasteiger partial charge is 0.342 e. The topological polar surface area (TPSA) is 109 Å². The number of cyclic esters (lactones) is 1. The Labute approximate surface area is 201 Å². The van der Waals surface area contributed by atoms with Crippen LogP contribution in [0.3, 0.4) is 0 Å². The minimum absolute atomic E-state index is 0.0217. The summed E-state index contributed by atoms with van der Waals surface area (Å²) in [6.07, 6.45) is 9.58. The molecule has 1 saturated heterocycles. The van der Waals surface area contributed by atoms with Gasteiger partial charge in [-0.25, -0.2) is 4.79 Å². The van der Waals surface area contributed by atoms with E-state index in [0.717, 1.165) is 30.4 Å². The number of phenols is 2. The zero-order valence-electron chi connectivity index (χ0n) is 18.2. The molecule has 178 valence electrons. The third kappa shape index (κ3) is 7.17. The van der Waals surface area contributed by atoms with Crippen LogP contribution in [-0.2, 0) is 20.8 Å². The van der Waals surface area contributed by atoms with E-state index >= 15 is 0 Å². The third-order valence-corrected chi connectivity index (χ3v) is 6.48. The number of rotatable bonds is 3. The molecule has 33 heavy (non-hydrogen) atoms. The summed E-state index contributed by atoms with van der Waals surface area (Å²) in [5.74, 6) is 0.0873. The summed E-state index contributed by atoms with van der Waals surface area (Å²) in [6.45, 7) is 1.30. The van der Waals surface area contributed by atoms with Crippen molar-refractivity contribution >= 4 is 41.0 Å². The van der Waals surface area contributed by atoms with E-state index in [2.05, 4.69) is 5.16 Å². The molecule has 3 rings (SSSR count). The van der Waals surface area contributed by atoms with Gasteiger partial charge in [-0.05, 0) is 30.9 Å². The molecule has 10 heteroatoms. The number of oxime groups is 1. The van der Waals surface area contributed by atoms with E-state index in [1.165, 1.54) is 0 Å². The van der Waals surface area contributed by atoms with Crippen LogP contribution in [0.4, 0.5) is 0 Å². The van der Waals surface area contributed by atoms with Gasteiger partial charge in [-0.1, -0.05) is 35.0 Å². The van der Waals surface area contributed by atoms with Crippen LogP contribution in [0.15, 0.2) is 35.5 Å². The normalized spacial score (nSPS) is 20.9. The quantitative estimate of drug-likeness (QED) is 0.374. The van der Waals surface area contributed by atoms with Gasteiger partial charge in [-0.2, -0.15) is 11.8 Å². The average Bonchev–Trinajstić information content (AvgIpc) is 2.80. The summed E-state index contributed by atoms with van der Waals surface area (Å²) >= 11 is 8.09. The number of aromatic hydroxyl groups is 2. The van der Waals surface area contributed by atoms with Crippen LogP contribution in [0.1, 0.15) is 35.2 Å². The zero-order valence-corrected chi connectivity index (χ0v) is 19.7. The van der Waals surface area contributed by atoms with Gasteiger partial charge in [0.25, 0.3) is 5.91 Å². The fourth-order valence-electron chi connectivity index (χ4n) is 3.39. The molecule has 2 heterocycles. The van der Waals surface area contributed by atoms with Gasteiger partial charge in [0.1, 0.15) is 17.1 Å². The van der Waals surface area contributed by atoms with Crippen LogP contribution in [0, 0.1) is 0 Å². The minimum atomic E-state index is -0.753. The van der Waals surface area contributed by atoms with Gasteiger partial charge in [-0.3, -0.25) is 4.79 Å². The Morgan fingerprint density at radius 2 is 1.88 bits per heavy atom. The summed E-state index contributed by atoms with van der Waals surface area (Å²) in [4.78, 5) is 32.1. The second kappa shape index (κ2) is 12.6. The molecule has 8 nitrogen and oxygen atoms in total. The monoisotopic (exact) mass is 494 g/mol.